The van der Waals surface area contributed by atoms with Crippen LogP contribution in [0, 0.1) is 19.8 Å². The number of sulfonamides is 1. The maximum absolute atomic E-state index is 13.6. The van der Waals surface area contributed by atoms with E-state index in [1.807, 2.05) is 18.2 Å². The molecule has 0 saturated heterocycles. The highest BCUT2D eigenvalue weighted by Gasteiger charge is 2.25. The maximum atomic E-state index is 13.6. The van der Waals surface area contributed by atoms with Crippen molar-refractivity contribution in [2.45, 2.75) is 63.8 Å². The molecule has 4 aromatic rings. The number of hydrogen-bond acceptors (Lipinski definition) is 7. The van der Waals surface area contributed by atoms with Crippen molar-refractivity contribution in [3.8, 4) is 22.6 Å². The predicted molar refractivity (Wildman–Crippen MR) is 152 cm³/mol. The molecule has 1 fully saturated rings. The SMILES string of the molecule is Cc1noc(NS(=O)(=O)c2ccccc2-c2ccc(-c3ncco3)cc2CN(C)C(=O)CC2CCCCC2)c1C. The molecule has 0 unspecified atom stereocenters. The number of carbonyl (C=O) groups is 1. The van der Waals surface area contributed by atoms with E-state index in [-0.39, 0.29) is 16.7 Å². The topological polar surface area (TPSA) is 119 Å². The van der Waals surface area contributed by atoms with Gasteiger partial charge in [0.1, 0.15) is 6.26 Å². The van der Waals surface area contributed by atoms with Gasteiger partial charge >= 0.3 is 0 Å². The van der Waals surface area contributed by atoms with Gasteiger partial charge in [-0.05, 0) is 61.9 Å². The van der Waals surface area contributed by atoms with Crippen LogP contribution in [-0.2, 0) is 21.4 Å². The summed E-state index contributed by atoms with van der Waals surface area (Å²) in [5.41, 5.74) is 3.95. The van der Waals surface area contributed by atoms with Gasteiger partial charge < -0.3 is 13.8 Å². The lowest BCUT2D eigenvalue weighted by atomic mass is 9.86. The monoisotopic (exact) mass is 562 g/mol. The van der Waals surface area contributed by atoms with E-state index in [1.165, 1.54) is 25.5 Å². The van der Waals surface area contributed by atoms with Crippen molar-refractivity contribution >= 4 is 21.8 Å². The number of amides is 1. The minimum absolute atomic E-state index is 0.0816. The van der Waals surface area contributed by atoms with Crippen LogP contribution in [0.15, 0.2) is 68.8 Å². The summed E-state index contributed by atoms with van der Waals surface area (Å²) >= 11 is 0. The zero-order valence-corrected chi connectivity index (χ0v) is 23.8. The van der Waals surface area contributed by atoms with E-state index >= 15 is 0 Å². The fourth-order valence-corrected chi connectivity index (χ4v) is 6.50. The molecule has 9 nitrogen and oxygen atoms in total. The Hall–Kier alpha value is -3.92. The summed E-state index contributed by atoms with van der Waals surface area (Å²) < 4.78 is 40.5. The minimum atomic E-state index is -4.03. The van der Waals surface area contributed by atoms with Gasteiger partial charge in [-0.15, -0.1) is 0 Å². The summed E-state index contributed by atoms with van der Waals surface area (Å²) in [4.78, 5) is 19.3. The summed E-state index contributed by atoms with van der Waals surface area (Å²) in [6.07, 6.45) is 9.38. The van der Waals surface area contributed by atoms with Crippen LogP contribution < -0.4 is 4.72 Å². The zero-order valence-electron chi connectivity index (χ0n) is 23.0. The number of nitrogens with zero attached hydrogens (tertiary/aromatic N) is 3. The molecule has 2 aromatic heterocycles. The van der Waals surface area contributed by atoms with E-state index in [4.69, 9.17) is 8.94 Å². The van der Waals surface area contributed by atoms with E-state index in [2.05, 4.69) is 14.9 Å². The van der Waals surface area contributed by atoms with Gasteiger partial charge in [-0.1, -0.05) is 48.7 Å². The third-order valence-electron chi connectivity index (χ3n) is 7.66. The lowest BCUT2D eigenvalue weighted by Crippen LogP contribution is -2.28. The molecule has 1 N–H and O–H groups in total. The Kier molecular flexibility index (Phi) is 8.07. The fourth-order valence-electron chi connectivity index (χ4n) is 5.24. The van der Waals surface area contributed by atoms with Crippen LogP contribution in [0.25, 0.3) is 22.6 Å². The van der Waals surface area contributed by atoms with Crippen molar-refractivity contribution in [1.29, 1.82) is 0 Å². The Morgan fingerprint density at radius 1 is 1.07 bits per heavy atom. The molecule has 1 aliphatic rings. The van der Waals surface area contributed by atoms with Gasteiger partial charge in [-0.2, -0.15) is 0 Å². The van der Waals surface area contributed by atoms with Gasteiger partial charge in [-0.25, -0.2) is 18.1 Å². The first-order valence-electron chi connectivity index (χ1n) is 13.5. The Balaban J connectivity index is 1.51. The van der Waals surface area contributed by atoms with Gasteiger partial charge in [0.2, 0.25) is 17.7 Å². The molecule has 1 amide bonds. The first-order chi connectivity index (χ1) is 19.2. The van der Waals surface area contributed by atoms with Crippen LogP contribution in [0.4, 0.5) is 5.88 Å². The summed E-state index contributed by atoms with van der Waals surface area (Å²) in [7, 11) is -2.23. The second-order valence-electron chi connectivity index (χ2n) is 10.5. The van der Waals surface area contributed by atoms with Crippen molar-refractivity contribution < 1.29 is 22.2 Å². The van der Waals surface area contributed by atoms with Crippen molar-refractivity contribution in [2.75, 3.05) is 11.8 Å². The van der Waals surface area contributed by atoms with Crippen LogP contribution in [0.3, 0.4) is 0 Å². The molecule has 0 spiro atoms. The molecule has 2 aromatic carbocycles. The standard InChI is InChI=1S/C30H34N4O5S/c1-20-21(2)32-39-29(20)33-40(36,37)27-12-8-7-11-26(27)25-14-13-23(30-31-15-16-38-30)18-24(25)19-34(3)28(35)17-22-9-5-4-6-10-22/h7-8,11-16,18,22,33H,4-6,9-10,17,19H2,1-3H3. The highest BCUT2D eigenvalue weighted by Crippen LogP contribution is 2.35. The lowest BCUT2D eigenvalue weighted by molar-refractivity contribution is -0.131. The molecule has 210 valence electrons. The number of aromatic nitrogens is 2. The highest BCUT2D eigenvalue weighted by molar-refractivity contribution is 7.92. The van der Waals surface area contributed by atoms with Gasteiger partial charge in [0.15, 0.2) is 0 Å². The van der Waals surface area contributed by atoms with E-state index in [0.29, 0.717) is 47.2 Å². The summed E-state index contributed by atoms with van der Waals surface area (Å²) in [5.74, 6) is 1.03. The largest absolute Gasteiger partial charge is 0.445 e. The number of oxazole rings is 1. The summed E-state index contributed by atoms with van der Waals surface area (Å²) in [6, 6.07) is 12.4. The average molecular weight is 563 g/mol. The lowest BCUT2D eigenvalue weighted by Gasteiger charge is -2.25. The van der Waals surface area contributed by atoms with Crippen LogP contribution in [-0.4, -0.2) is 36.4 Å². The molecule has 1 saturated carbocycles. The van der Waals surface area contributed by atoms with Crippen molar-refractivity contribution in [3.63, 3.8) is 0 Å². The second kappa shape index (κ2) is 11.7. The van der Waals surface area contributed by atoms with E-state index in [1.54, 1.807) is 56.3 Å². The Bertz CT molecular complexity index is 1590. The maximum Gasteiger partial charge on any atom is 0.264 e. The van der Waals surface area contributed by atoms with Crippen LogP contribution in [0.1, 0.15) is 55.3 Å². The van der Waals surface area contributed by atoms with Crippen LogP contribution in [0.5, 0.6) is 0 Å². The Morgan fingerprint density at radius 3 is 2.55 bits per heavy atom. The Morgan fingerprint density at radius 2 is 1.85 bits per heavy atom. The first kappa shape index (κ1) is 27.6. The zero-order chi connectivity index (χ0) is 28.3. The molecule has 40 heavy (non-hydrogen) atoms. The fraction of sp³-hybridized carbons (Fsp3) is 0.367. The van der Waals surface area contributed by atoms with Gasteiger partial charge in [-0.3, -0.25) is 4.79 Å². The molecule has 0 bridgehead atoms. The van der Waals surface area contributed by atoms with Gasteiger partial charge in [0.25, 0.3) is 10.0 Å². The first-order valence-corrected chi connectivity index (χ1v) is 15.0. The third kappa shape index (κ3) is 5.96. The number of nitrogens with one attached hydrogen (secondary N) is 1. The van der Waals surface area contributed by atoms with Crippen molar-refractivity contribution in [2.24, 2.45) is 5.92 Å². The molecule has 2 heterocycles. The summed E-state index contributed by atoms with van der Waals surface area (Å²) in [5, 5.41) is 3.86. The number of aryl methyl sites for hydroxylation is 1. The molecule has 5 rings (SSSR count). The third-order valence-corrected chi connectivity index (χ3v) is 9.05. The predicted octanol–water partition coefficient (Wildman–Crippen LogP) is 6.34. The Labute approximate surface area is 234 Å². The molecule has 1 aliphatic carbocycles. The summed E-state index contributed by atoms with van der Waals surface area (Å²) in [6.45, 7) is 3.80. The van der Waals surface area contributed by atoms with E-state index < -0.39 is 10.0 Å². The van der Waals surface area contributed by atoms with Crippen molar-refractivity contribution in [1.82, 2.24) is 15.0 Å². The molecule has 10 heteroatoms. The number of rotatable bonds is 9. The molecular weight excluding hydrogens is 528 g/mol. The molecular formula is C30H34N4O5S. The average Bonchev–Trinajstić information content (AvgIpc) is 3.60. The van der Waals surface area contributed by atoms with Crippen LogP contribution in [0.2, 0.25) is 0 Å². The van der Waals surface area contributed by atoms with Gasteiger partial charge in [0, 0.05) is 36.7 Å². The number of hydrogen-bond donors (Lipinski definition) is 1. The number of carbonyl (C=O) groups excluding carboxylic acids is 1. The van der Waals surface area contributed by atoms with E-state index in [9.17, 15) is 13.2 Å². The smallest absolute Gasteiger partial charge is 0.264 e. The normalized spacial score (nSPS) is 14.3. The highest BCUT2D eigenvalue weighted by atomic mass is 32.2. The van der Waals surface area contributed by atoms with Crippen LogP contribution >= 0.6 is 0 Å². The molecule has 0 radical (unpaired) electrons. The number of anilines is 1. The quantitative estimate of drug-likeness (QED) is 0.253. The second-order valence-corrected chi connectivity index (χ2v) is 12.1. The molecule has 0 aliphatic heterocycles. The van der Waals surface area contributed by atoms with E-state index in [0.717, 1.165) is 24.0 Å². The molecule has 0 atom stereocenters. The number of benzene rings is 2. The minimum Gasteiger partial charge on any atom is -0.445 e. The van der Waals surface area contributed by atoms with Gasteiger partial charge in [0.05, 0.1) is 16.8 Å². The van der Waals surface area contributed by atoms with Crippen molar-refractivity contribution in [3.05, 3.63) is 71.7 Å².